The number of ether oxygens (including phenoxy) is 1. The average molecular weight is 651 g/mol. The molecular weight excluding hydrogens is 604 g/mol. The normalized spacial score (nSPS) is 14.0. The van der Waals surface area contributed by atoms with Crippen molar-refractivity contribution in [2.75, 3.05) is 26.8 Å². The number of carbonyl (C=O) groups excluding carboxylic acids is 3. The summed E-state index contributed by atoms with van der Waals surface area (Å²) in [5.41, 5.74) is 4.91. The smallest absolute Gasteiger partial charge is 0.337 e. The second-order valence-electron chi connectivity index (χ2n) is 12.4. The SMILES string of the molecule is CCCCN(CCCC)C(=O)c1cn(CCc2ccccc2)c(-c2ccc(C(=O)OC)cc2C(=O)c2cccc3c2CC(CO)NC3)n1. The van der Waals surface area contributed by atoms with Gasteiger partial charge in [-0.05, 0) is 60.6 Å². The number of aromatic nitrogens is 2. The number of aryl methyl sites for hydroxylation is 2. The first-order chi connectivity index (χ1) is 23.4. The molecule has 9 nitrogen and oxygen atoms in total. The number of methoxy groups -OCH3 is 1. The van der Waals surface area contributed by atoms with Crippen LogP contribution in [-0.4, -0.2) is 70.1 Å². The number of carbonyl (C=O) groups is 3. The Morgan fingerprint density at radius 1 is 0.979 bits per heavy atom. The van der Waals surface area contributed by atoms with E-state index in [4.69, 9.17) is 9.72 Å². The first-order valence-corrected chi connectivity index (χ1v) is 17.0. The van der Waals surface area contributed by atoms with Gasteiger partial charge in [0.05, 0.1) is 19.3 Å². The monoisotopic (exact) mass is 650 g/mol. The number of nitrogens with zero attached hydrogens (tertiary/aromatic N) is 3. The minimum Gasteiger partial charge on any atom is -0.465 e. The van der Waals surface area contributed by atoms with Gasteiger partial charge in [0.25, 0.3) is 5.91 Å². The van der Waals surface area contributed by atoms with Crippen molar-refractivity contribution in [2.24, 2.45) is 0 Å². The molecule has 0 saturated carbocycles. The maximum atomic E-state index is 14.6. The van der Waals surface area contributed by atoms with E-state index in [1.165, 1.54) is 7.11 Å². The number of nitrogens with one attached hydrogen (secondary N) is 1. The fraction of sp³-hybridized carbons (Fsp3) is 0.385. The van der Waals surface area contributed by atoms with Crippen molar-refractivity contribution in [3.63, 3.8) is 0 Å². The molecule has 0 bridgehead atoms. The average Bonchev–Trinajstić information content (AvgIpc) is 3.56. The molecule has 48 heavy (non-hydrogen) atoms. The van der Waals surface area contributed by atoms with Crippen LogP contribution in [0.5, 0.6) is 0 Å². The van der Waals surface area contributed by atoms with E-state index in [1.54, 1.807) is 30.5 Å². The van der Waals surface area contributed by atoms with Gasteiger partial charge in [-0.3, -0.25) is 9.59 Å². The van der Waals surface area contributed by atoms with Crippen LogP contribution in [0.2, 0.25) is 0 Å². The van der Waals surface area contributed by atoms with Gasteiger partial charge >= 0.3 is 5.97 Å². The van der Waals surface area contributed by atoms with E-state index in [9.17, 15) is 19.5 Å². The zero-order chi connectivity index (χ0) is 34.0. The molecule has 0 aliphatic carbocycles. The first kappa shape index (κ1) is 34.7. The number of hydrogen-bond donors (Lipinski definition) is 2. The fourth-order valence-corrected chi connectivity index (χ4v) is 6.25. The van der Waals surface area contributed by atoms with Gasteiger partial charge in [0.1, 0.15) is 11.5 Å². The minimum atomic E-state index is -0.555. The van der Waals surface area contributed by atoms with Crippen LogP contribution in [-0.2, 0) is 30.7 Å². The molecule has 3 aromatic carbocycles. The molecule has 4 aromatic rings. The Labute approximate surface area is 283 Å². The van der Waals surface area contributed by atoms with Gasteiger partial charge in [0, 0.05) is 55.1 Å². The number of aliphatic hydroxyl groups is 1. The van der Waals surface area contributed by atoms with Crippen LogP contribution >= 0.6 is 0 Å². The van der Waals surface area contributed by atoms with Crippen molar-refractivity contribution >= 4 is 17.7 Å². The fourth-order valence-electron chi connectivity index (χ4n) is 6.25. The number of esters is 1. The van der Waals surface area contributed by atoms with Gasteiger partial charge in [-0.1, -0.05) is 75.2 Å². The molecule has 1 aliphatic heterocycles. The number of hydrogen-bond acceptors (Lipinski definition) is 7. The highest BCUT2D eigenvalue weighted by Gasteiger charge is 2.28. The van der Waals surface area contributed by atoms with Gasteiger partial charge in [-0.2, -0.15) is 0 Å². The van der Waals surface area contributed by atoms with E-state index in [0.717, 1.165) is 42.4 Å². The van der Waals surface area contributed by atoms with Crippen LogP contribution in [0.25, 0.3) is 11.4 Å². The van der Waals surface area contributed by atoms with Gasteiger partial charge in [0.15, 0.2) is 5.78 Å². The van der Waals surface area contributed by atoms with E-state index in [1.807, 2.05) is 39.8 Å². The Hall–Kier alpha value is -4.60. The van der Waals surface area contributed by atoms with Crippen LogP contribution in [0.4, 0.5) is 0 Å². The third kappa shape index (κ3) is 7.91. The van der Waals surface area contributed by atoms with Crippen LogP contribution in [0.15, 0.2) is 72.9 Å². The Kier molecular flexibility index (Phi) is 11.9. The lowest BCUT2D eigenvalue weighted by molar-refractivity contribution is 0.0600. The van der Waals surface area contributed by atoms with Gasteiger partial charge in [-0.15, -0.1) is 0 Å². The summed E-state index contributed by atoms with van der Waals surface area (Å²) in [5, 5.41) is 13.2. The number of amides is 1. The topological polar surface area (TPSA) is 114 Å². The molecule has 2 heterocycles. The number of benzene rings is 3. The highest BCUT2D eigenvalue weighted by atomic mass is 16.5. The lowest BCUT2D eigenvalue weighted by Gasteiger charge is -2.26. The number of unbranched alkanes of at least 4 members (excludes halogenated alkanes) is 2. The van der Waals surface area contributed by atoms with E-state index in [2.05, 4.69) is 31.3 Å². The maximum Gasteiger partial charge on any atom is 0.337 e. The molecule has 0 radical (unpaired) electrons. The van der Waals surface area contributed by atoms with Crippen molar-refractivity contribution in [3.05, 3.63) is 112 Å². The predicted octanol–water partition coefficient (Wildman–Crippen LogP) is 5.86. The summed E-state index contributed by atoms with van der Waals surface area (Å²) in [6, 6.07) is 20.5. The van der Waals surface area contributed by atoms with Crippen molar-refractivity contribution in [1.29, 1.82) is 0 Å². The molecule has 5 rings (SSSR count). The summed E-state index contributed by atoms with van der Waals surface area (Å²) >= 11 is 0. The molecule has 9 heteroatoms. The van der Waals surface area contributed by atoms with Gasteiger partial charge in [0.2, 0.25) is 0 Å². The maximum absolute atomic E-state index is 14.6. The van der Waals surface area contributed by atoms with Crippen LogP contribution < -0.4 is 5.32 Å². The number of imidazole rings is 1. The Bertz CT molecular complexity index is 1720. The molecule has 1 aromatic heterocycles. The van der Waals surface area contributed by atoms with Crippen molar-refractivity contribution < 1.29 is 24.2 Å². The lowest BCUT2D eigenvalue weighted by atomic mass is 9.87. The van der Waals surface area contributed by atoms with Gasteiger partial charge < -0.3 is 24.6 Å². The molecule has 0 spiro atoms. The second kappa shape index (κ2) is 16.5. The van der Waals surface area contributed by atoms with Crippen molar-refractivity contribution in [3.8, 4) is 11.4 Å². The molecule has 1 unspecified atom stereocenters. The van der Waals surface area contributed by atoms with Crippen LogP contribution in [0.3, 0.4) is 0 Å². The number of ketones is 1. The molecule has 252 valence electrons. The van der Waals surface area contributed by atoms with Crippen LogP contribution in [0, 0.1) is 0 Å². The van der Waals surface area contributed by atoms with Gasteiger partial charge in [-0.25, -0.2) is 9.78 Å². The summed E-state index contributed by atoms with van der Waals surface area (Å²) in [5.74, 6) is -0.458. The Balaban J connectivity index is 1.63. The summed E-state index contributed by atoms with van der Waals surface area (Å²) < 4.78 is 6.97. The molecule has 1 atom stereocenters. The molecule has 2 N–H and O–H groups in total. The molecular formula is C39H46N4O5. The number of fused-ring (bicyclic) bond motifs is 1. The van der Waals surface area contributed by atoms with E-state index in [0.29, 0.717) is 67.2 Å². The highest BCUT2D eigenvalue weighted by molar-refractivity contribution is 6.14. The Morgan fingerprint density at radius 2 is 1.73 bits per heavy atom. The first-order valence-electron chi connectivity index (χ1n) is 17.0. The van der Waals surface area contributed by atoms with E-state index >= 15 is 0 Å². The lowest BCUT2D eigenvalue weighted by Crippen LogP contribution is -2.39. The Morgan fingerprint density at radius 3 is 2.42 bits per heavy atom. The quantitative estimate of drug-likeness (QED) is 0.122. The molecule has 1 amide bonds. The van der Waals surface area contributed by atoms with Crippen molar-refractivity contribution in [1.82, 2.24) is 19.8 Å². The largest absolute Gasteiger partial charge is 0.465 e. The van der Waals surface area contributed by atoms with E-state index < -0.39 is 5.97 Å². The standard InChI is InChI=1S/C39H46N4O5/c1-4-6-19-42(20-7-5-2)38(46)35-25-43(21-18-27-12-9-8-10-13-27)37(41-35)32-17-16-28(39(47)48-3)22-34(32)36(45)31-15-11-14-29-24-40-30(26-44)23-33(29)31/h8-17,22,25,30,40,44H,4-7,18-21,23-24,26H2,1-3H3. The third-order valence-corrected chi connectivity index (χ3v) is 9.03. The molecule has 0 saturated heterocycles. The predicted molar refractivity (Wildman–Crippen MR) is 186 cm³/mol. The molecule has 0 fully saturated rings. The van der Waals surface area contributed by atoms with Crippen molar-refractivity contribution in [2.45, 2.75) is 71.5 Å². The van der Waals surface area contributed by atoms with Crippen LogP contribution in [0.1, 0.15) is 93.0 Å². The summed E-state index contributed by atoms with van der Waals surface area (Å²) in [6.45, 7) is 6.55. The third-order valence-electron chi connectivity index (χ3n) is 9.03. The van der Waals surface area contributed by atoms with E-state index in [-0.39, 0.29) is 29.9 Å². The number of rotatable bonds is 15. The number of aliphatic hydroxyl groups excluding tert-OH is 1. The minimum absolute atomic E-state index is 0.0474. The summed E-state index contributed by atoms with van der Waals surface area (Å²) in [6.07, 6.45) is 6.74. The second-order valence-corrected chi connectivity index (χ2v) is 12.4. The summed E-state index contributed by atoms with van der Waals surface area (Å²) in [7, 11) is 1.31. The zero-order valence-corrected chi connectivity index (χ0v) is 28.2. The molecule has 1 aliphatic rings. The zero-order valence-electron chi connectivity index (χ0n) is 28.2. The highest BCUT2D eigenvalue weighted by Crippen LogP contribution is 2.31. The summed E-state index contributed by atoms with van der Waals surface area (Å²) in [4.78, 5) is 48.1.